The van der Waals surface area contributed by atoms with Gasteiger partial charge in [0.1, 0.15) is 6.04 Å². The Kier molecular flexibility index (Phi) is 8.27. The average Bonchev–Trinajstić information content (AvgIpc) is 2.74. The van der Waals surface area contributed by atoms with Crippen LogP contribution in [0.15, 0.2) is 48.5 Å². The number of hydrogen-bond donors (Lipinski definition) is 1. The molecule has 2 amide bonds. The lowest BCUT2D eigenvalue weighted by atomic mass is 9.95. The van der Waals surface area contributed by atoms with Crippen LogP contribution in [0.5, 0.6) is 0 Å². The summed E-state index contributed by atoms with van der Waals surface area (Å²) in [7, 11) is 0. The van der Waals surface area contributed by atoms with Crippen LogP contribution in [0, 0.1) is 13.8 Å². The molecule has 0 bridgehead atoms. The quantitative estimate of drug-likeness (QED) is 0.646. The van der Waals surface area contributed by atoms with Crippen LogP contribution in [-0.2, 0) is 22.6 Å². The van der Waals surface area contributed by atoms with Crippen LogP contribution < -0.4 is 5.32 Å². The minimum absolute atomic E-state index is 0.00208. The van der Waals surface area contributed by atoms with Crippen LogP contribution in [0.25, 0.3) is 0 Å². The highest BCUT2D eigenvalue weighted by Gasteiger charge is 2.30. The van der Waals surface area contributed by atoms with Crippen molar-refractivity contribution >= 4 is 11.8 Å². The van der Waals surface area contributed by atoms with Crippen molar-refractivity contribution in [2.24, 2.45) is 0 Å². The number of nitrogens with zero attached hydrogens (tertiary/aromatic N) is 1. The lowest BCUT2D eigenvalue weighted by Crippen LogP contribution is -2.51. The first-order valence-electron chi connectivity index (χ1n) is 11.7. The highest BCUT2D eigenvalue weighted by molar-refractivity contribution is 5.88. The predicted molar refractivity (Wildman–Crippen MR) is 126 cm³/mol. The van der Waals surface area contributed by atoms with Gasteiger partial charge >= 0.3 is 0 Å². The van der Waals surface area contributed by atoms with Gasteiger partial charge in [-0.1, -0.05) is 85.8 Å². The van der Waals surface area contributed by atoms with Gasteiger partial charge in [0.25, 0.3) is 0 Å². The van der Waals surface area contributed by atoms with Gasteiger partial charge in [-0.15, -0.1) is 0 Å². The van der Waals surface area contributed by atoms with Crippen LogP contribution >= 0.6 is 0 Å². The summed E-state index contributed by atoms with van der Waals surface area (Å²) in [6.45, 7) is 6.53. The Hall–Kier alpha value is -2.62. The van der Waals surface area contributed by atoms with Crippen LogP contribution in [0.3, 0.4) is 0 Å². The summed E-state index contributed by atoms with van der Waals surface area (Å²) in [5, 5.41) is 3.24. The number of aryl methyl sites for hydroxylation is 2. The second kappa shape index (κ2) is 11.1. The van der Waals surface area contributed by atoms with Crippen molar-refractivity contribution in [3.8, 4) is 0 Å². The molecule has 4 heteroatoms. The van der Waals surface area contributed by atoms with Gasteiger partial charge in [-0.25, -0.2) is 0 Å². The van der Waals surface area contributed by atoms with Crippen LogP contribution in [0.2, 0.25) is 0 Å². The summed E-state index contributed by atoms with van der Waals surface area (Å²) >= 11 is 0. The largest absolute Gasteiger partial charge is 0.352 e. The third kappa shape index (κ3) is 6.68. The van der Waals surface area contributed by atoms with Crippen LogP contribution in [0.4, 0.5) is 0 Å². The van der Waals surface area contributed by atoms with E-state index in [0.717, 1.165) is 35.1 Å². The third-order valence-corrected chi connectivity index (χ3v) is 6.21. The molecule has 0 saturated heterocycles. The topological polar surface area (TPSA) is 49.4 Å². The van der Waals surface area contributed by atoms with E-state index < -0.39 is 6.04 Å². The molecule has 2 aromatic carbocycles. The van der Waals surface area contributed by atoms with Gasteiger partial charge in [-0.2, -0.15) is 0 Å². The number of nitrogens with one attached hydrogen (secondary N) is 1. The number of benzene rings is 2. The first kappa shape index (κ1) is 23.1. The summed E-state index contributed by atoms with van der Waals surface area (Å²) < 4.78 is 0. The molecule has 1 aliphatic carbocycles. The Bertz CT molecular complexity index is 886. The fourth-order valence-electron chi connectivity index (χ4n) is 4.57. The molecule has 166 valence electrons. The molecule has 1 saturated carbocycles. The van der Waals surface area contributed by atoms with E-state index in [4.69, 9.17) is 0 Å². The summed E-state index contributed by atoms with van der Waals surface area (Å²) in [6.07, 6.45) is 6.57. The minimum atomic E-state index is -0.459. The number of hydrogen-bond acceptors (Lipinski definition) is 2. The van der Waals surface area contributed by atoms with E-state index in [9.17, 15) is 9.59 Å². The minimum Gasteiger partial charge on any atom is -0.352 e. The molecule has 0 aromatic heterocycles. The standard InChI is InChI=1S/C27H36N2O2/c1-4-25(27(31)28-24-14-6-5-7-15-24)29(19-23-13-9-11-21(3)17-23)26(30)18-22-12-8-10-20(2)16-22/h8-13,16-17,24-25H,4-7,14-15,18-19H2,1-3H3,(H,28,31)/t25-/m0/s1. The number of carbonyl (C=O) groups excluding carboxylic acids is 2. The third-order valence-electron chi connectivity index (χ3n) is 6.21. The van der Waals surface area contributed by atoms with E-state index in [-0.39, 0.29) is 17.9 Å². The zero-order valence-electron chi connectivity index (χ0n) is 19.2. The highest BCUT2D eigenvalue weighted by atomic mass is 16.2. The van der Waals surface area contributed by atoms with E-state index in [0.29, 0.717) is 19.4 Å². The molecule has 1 N–H and O–H groups in total. The molecule has 0 spiro atoms. The molecule has 2 aromatic rings. The molecular weight excluding hydrogens is 384 g/mol. The Morgan fingerprint density at radius 3 is 2.19 bits per heavy atom. The van der Waals surface area contributed by atoms with Gasteiger partial charge in [0, 0.05) is 12.6 Å². The van der Waals surface area contributed by atoms with E-state index >= 15 is 0 Å². The Balaban J connectivity index is 1.81. The maximum absolute atomic E-state index is 13.5. The van der Waals surface area contributed by atoms with Crippen LogP contribution in [0.1, 0.15) is 67.7 Å². The molecule has 1 atom stereocenters. The summed E-state index contributed by atoms with van der Waals surface area (Å²) in [5.41, 5.74) is 4.34. The van der Waals surface area contributed by atoms with Crippen molar-refractivity contribution in [3.05, 3.63) is 70.8 Å². The van der Waals surface area contributed by atoms with E-state index in [2.05, 4.69) is 24.4 Å². The fourth-order valence-corrected chi connectivity index (χ4v) is 4.57. The van der Waals surface area contributed by atoms with Crippen molar-refractivity contribution in [3.63, 3.8) is 0 Å². The van der Waals surface area contributed by atoms with Gasteiger partial charge in [0.05, 0.1) is 6.42 Å². The van der Waals surface area contributed by atoms with Gasteiger partial charge in [0.2, 0.25) is 11.8 Å². The first-order valence-corrected chi connectivity index (χ1v) is 11.7. The molecule has 0 heterocycles. The second-order valence-corrected chi connectivity index (χ2v) is 8.94. The van der Waals surface area contributed by atoms with E-state index in [1.54, 1.807) is 4.90 Å². The lowest BCUT2D eigenvalue weighted by Gasteiger charge is -2.33. The van der Waals surface area contributed by atoms with Crippen molar-refractivity contribution in [1.82, 2.24) is 10.2 Å². The maximum atomic E-state index is 13.5. The van der Waals surface area contributed by atoms with Gasteiger partial charge in [-0.05, 0) is 44.2 Å². The molecule has 31 heavy (non-hydrogen) atoms. The van der Waals surface area contributed by atoms with Crippen LogP contribution in [-0.4, -0.2) is 28.8 Å². The van der Waals surface area contributed by atoms with Crippen molar-refractivity contribution in [2.75, 3.05) is 0 Å². The SMILES string of the molecule is CC[C@@H](C(=O)NC1CCCCC1)N(Cc1cccc(C)c1)C(=O)Cc1cccc(C)c1. The van der Waals surface area contributed by atoms with Gasteiger partial charge < -0.3 is 10.2 Å². The molecular formula is C27H36N2O2. The smallest absolute Gasteiger partial charge is 0.243 e. The lowest BCUT2D eigenvalue weighted by molar-refractivity contribution is -0.141. The maximum Gasteiger partial charge on any atom is 0.243 e. The molecule has 4 nitrogen and oxygen atoms in total. The Labute approximate surface area is 187 Å². The highest BCUT2D eigenvalue weighted by Crippen LogP contribution is 2.20. The Morgan fingerprint density at radius 2 is 1.58 bits per heavy atom. The predicted octanol–water partition coefficient (Wildman–Crippen LogP) is 5.10. The molecule has 3 rings (SSSR count). The van der Waals surface area contributed by atoms with Crippen molar-refractivity contribution < 1.29 is 9.59 Å². The average molecular weight is 421 g/mol. The van der Waals surface area contributed by atoms with Gasteiger partial charge in [-0.3, -0.25) is 9.59 Å². The monoisotopic (exact) mass is 420 g/mol. The van der Waals surface area contributed by atoms with Crippen molar-refractivity contribution in [2.45, 2.75) is 84.3 Å². The van der Waals surface area contributed by atoms with Crippen molar-refractivity contribution in [1.29, 1.82) is 0 Å². The number of carbonyl (C=O) groups is 2. The molecule has 1 fully saturated rings. The summed E-state index contributed by atoms with van der Waals surface area (Å²) in [4.78, 5) is 28.5. The molecule has 0 radical (unpaired) electrons. The summed E-state index contributed by atoms with van der Waals surface area (Å²) in [5.74, 6) is -0.0163. The zero-order valence-corrected chi connectivity index (χ0v) is 19.2. The summed E-state index contributed by atoms with van der Waals surface area (Å²) in [6, 6.07) is 16.0. The zero-order chi connectivity index (χ0) is 22.2. The van der Waals surface area contributed by atoms with E-state index in [1.807, 2.05) is 50.2 Å². The fraction of sp³-hybridized carbons (Fsp3) is 0.481. The molecule has 0 unspecified atom stereocenters. The molecule has 0 aliphatic heterocycles. The number of rotatable bonds is 8. The second-order valence-electron chi connectivity index (χ2n) is 8.94. The molecule has 1 aliphatic rings. The van der Waals surface area contributed by atoms with Gasteiger partial charge in [0.15, 0.2) is 0 Å². The number of amides is 2. The normalized spacial score (nSPS) is 15.3. The first-order chi connectivity index (χ1) is 15.0. The van der Waals surface area contributed by atoms with E-state index in [1.165, 1.54) is 19.3 Å². The Morgan fingerprint density at radius 1 is 0.968 bits per heavy atom.